The number of aliphatic hydroxyl groups is 19. The van der Waals surface area contributed by atoms with Crippen LogP contribution in [0.1, 0.15) is 19.3 Å². The Morgan fingerprint density at radius 1 is 0.358 bits per heavy atom. The van der Waals surface area contributed by atoms with Crippen LogP contribution in [0.15, 0.2) is 23.0 Å². The molecule has 0 aromatic rings. The quantitative estimate of drug-likeness (QED) is 0.107. The maximum atomic E-state index is 11.6. The molecule has 1 saturated carbocycles. The first kappa shape index (κ1) is 54.0. The van der Waals surface area contributed by atoms with Crippen molar-refractivity contribution >= 4 is 0 Å². The van der Waals surface area contributed by atoms with Crippen molar-refractivity contribution in [2.75, 3.05) is 39.6 Å². The third-order valence-electron chi connectivity index (χ3n) is 12.5. The minimum absolute atomic E-state index is 0.00301. The molecule has 29 nitrogen and oxygen atoms in total. The van der Waals surface area contributed by atoms with Gasteiger partial charge in [-0.1, -0.05) is 0 Å². The van der Waals surface area contributed by atoms with Crippen molar-refractivity contribution in [2.24, 2.45) is 11.8 Å². The smallest absolute Gasteiger partial charge is 0.218 e. The monoisotopic (exact) mass is 982 g/mol. The van der Waals surface area contributed by atoms with Gasteiger partial charge in [-0.25, -0.2) is 0 Å². The van der Waals surface area contributed by atoms with E-state index >= 15 is 0 Å². The van der Waals surface area contributed by atoms with Crippen molar-refractivity contribution in [1.29, 1.82) is 0 Å². The van der Waals surface area contributed by atoms with Crippen LogP contribution >= 0.6 is 0 Å². The summed E-state index contributed by atoms with van der Waals surface area (Å²) in [5.74, 6) is -7.28. The van der Waals surface area contributed by atoms with Gasteiger partial charge < -0.3 is 144 Å². The molecule has 0 amide bonds. The van der Waals surface area contributed by atoms with Gasteiger partial charge in [0.25, 0.3) is 0 Å². The molecule has 8 bridgehead atoms. The van der Waals surface area contributed by atoms with E-state index in [1.54, 1.807) is 0 Å². The SMILES string of the molecule is OCCC1OC(O)/C(O)=C(/O)C(CCO)OC2OC(CO)C(OC3OC(CO)CC4C(O[C@@H]5OC(CO)C(OC6OC(CO)C(OC(O)/C(O)=C\1O)C(O)C6O)C(O)C5O)C4C3O)C(O)C2O. The van der Waals surface area contributed by atoms with E-state index in [2.05, 4.69) is 0 Å². The van der Waals surface area contributed by atoms with E-state index in [-0.39, 0.29) is 6.42 Å². The Balaban J connectivity index is 1.34. The first-order valence-corrected chi connectivity index (χ1v) is 21.4. The zero-order valence-electron chi connectivity index (χ0n) is 35.4. The predicted octanol–water partition coefficient (Wildman–Crippen LogP) is -8.60. The lowest BCUT2D eigenvalue weighted by molar-refractivity contribution is -0.368. The number of hydrogen-bond acceptors (Lipinski definition) is 29. The highest BCUT2D eigenvalue weighted by atomic mass is 16.8. The summed E-state index contributed by atoms with van der Waals surface area (Å²) in [6, 6.07) is 0. The molecule has 5 fully saturated rings. The molecule has 29 heteroatoms. The van der Waals surface area contributed by atoms with Crippen LogP contribution in [0.4, 0.5) is 0 Å². The van der Waals surface area contributed by atoms with E-state index in [1.165, 1.54) is 0 Å². The van der Waals surface area contributed by atoms with Crippen molar-refractivity contribution in [1.82, 2.24) is 0 Å². The summed E-state index contributed by atoms with van der Waals surface area (Å²) in [6.45, 7) is -5.28. The van der Waals surface area contributed by atoms with Gasteiger partial charge in [0.05, 0.1) is 38.6 Å². The average molecular weight is 983 g/mol. The maximum absolute atomic E-state index is 11.6. The zero-order chi connectivity index (χ0) is 49.2. The minimum Gasteiger partial charge on any atom is -0.506 e. The standard InChI is InChI=1S/C38H62O29/c39-3-1-12-18(45)25(52)34(57)64-30-14(7-42)62-38(27(54)21(30)48)67-32-16(9-44)63-37(28(55)23(32)50)65-29-11-5-10(6-41)58-35(20(47)17(11)29)66-31-15(8-43)61-36(26(53)22(31)49)60-13(2-4-40)19(46)24(51)33(56)59-12/h10-17,20-23,26-57H,1-9H2/b24-19-,25-18-/t10?,11?,12?,13?,14?,15?,16?,17?,20?,21?,22?,23?,26?,27?,28?,29?,30?,31?,32?,33?,34?,35?,36?,37-,38?/m0/s1. The van der Waals surface area contributed by atoms with Gasteiger partial charge in [-0.15, -0.1) is 0 Å². The molecule has 0 spiro atoms. The van der Waals surface area contributed by atoms with Gasteiger partial charge in [-0.05, 0) is 12.3 Å². The van der Waals surface area contributed by atoms with E-state index in [0.29, 0.717) is 0 Å². The Bertz CT molecular complexity index is 1640. The van der Waals surface area contributed by atoms with Gasteiger partial charge in [0.1, 0.15) is 91.6 Å². The number of ether oxygens (including phenoxy) is 10. The fourth-order valence-corrected chi connectivity index (χ4v) is 8.75. The largest absolute Gasteiger partial charge is 0.506 e. The van der Waals surface area contributed by atoms with Crippen LogP contribution in [-0.2, 0) is 47.4 Å². The summed E-state index contributed by atoms with van der Waals surface area (Å²) >= 11 is 0. The van der Waals surface area contributed by atoms with Crippen LogP contribution in [-0.4, -0.2) is 278 Å². The minimum atomic E-state index is -2.69. The number of rotatable bonds is 8. The summed E-state index contributed by atoms with van der Waals surface area (Å²) < 4.78 is 56.2. The van der Waals surface area contributed by atoms with Crippen LogP contribution in [0.2, 0.25) is 0 Å². The molecule has 9 heterocycles. The summed E-state index contributed by atoms with van der Waals surface area (Å²) in [5, 5.41) is 204. The molecular weight excluding hydrogens is 920 g/mol. The molecule has 9 aliphatic heterocycles. The lowest BCUT2D eigenvalue weighted by Crippen LogP contribution is -2.65. The topological polar surface area (TPSA) is 477 Å². The third-order valence-corrected chi connectivity index (χ3v) is 12.5. The third kappa shape index (κ3) is 11.4. The highest BCUT2D eigenvalue weighted by Crippen LogP contribution is 2.52. The molecule has 0 aromatic carbocycles. The summed E-state index contributed by atoms with van der Waals surface area (Å²) in [7, 11) is 0. The fraction of sp³-hybridized carbons (Fsp3) is 0.895. The molecule has 25 atom stereocenters. The van der Waals surface area contributed by atoms with E-state index in [4.69, 9.17) is 47.4 Å². The van der Waals surface area contributed by atoms with Crippen molar-refractivity contribution in [3.05, 3.63) is 23.0 Å². The fourth-order valence-electron chi connectivity index (χ4n) is 8.75. The highest BCUT2D eigenvalue weighted by Gasteiger charge is 2.63. The molecule has 10 rings (SSSR count). The number of fused-ring (bicyclic) bond motifs is 1. The molecule has 4 saturated heterocycles. The van der Waals surface area contributed by atoms with Crippen molar-refractivity contribution in [3.63, 3.8) is 0 Å². The van der Waals surface area contributed by atoms with Gasteiger partial charge in [-0.2, -0.15) is 0 Å². The van der Waals surface area contributed by atoms with Crippen LogP contribution in [0.5, 0.6) is 0 Å². The van der Waals surface area contributed by atoms with E-state index in [0.717, 1.165) is 0 Å². The van der Waals surface area contributed by atoms with Crippen molar-refractivity contribution in [3.8, 4) is 0 Å². The molecule has 67 heavy (non-hydrogen) atoms. The lowest BCUT2D eigenvalue weighted by atomic mass is 9.96. The van der Waals surface area contributed by atoms with Crippen molar-refractivity contribution in [2.45, 2.75) is 161 Å². The Hall–Kier alpha value is -2.32. The van der Waals surface area contributed by atoms with Crippen LogP contribution < -0.4 is 0 Å². The summed E-state index contributed by atoms with van der Waals surface area (Å²) in [4.78, 5) is 0. The Kier molecular flexibility index (Phi) is 18.8. The average Bonchev–Trinajstić information content (AvgIpc) is 4.03. The molecule has 0 aromatic heterocycles. The van der Waals surface area contributed by atoms with Gasteiger partial charge in [0.2, 0.25) is 12.6 Å². The second-order valence-corrected chi connectivity index (χ2v) is 16.8. The molecule has 388 valence electrons. The summed E-state index contributed by atoms with van der Waals surface area (Å²) in [5.41, 5.74) is 0. The van der Waals surface area contributed by atoms with E-state index in [1.807, 2.05) is 0 Å². The normalized spacial score (nSPS) is 50.8. The van der Waals surface area contributed by atoms with Crippen LogP contribution in [0, 0.1) is 11.8 Å². The first-order chi connectivity index (χ1) is 31.8. The van der Waals surface area contributed by atoms with Gasteiger partial charge in [-0.3, -0.25) is 0 Å². The molecule has 1 aliphatic carbocycles. The van der Waals surface area contributed by atoms with Crippen LogP contribution in [0.25, 0.3) is 0 Å². The molecule has 0 radical (unpaired) electrons. The van der Waals surface area contributed by atoms with E-state index < -0.39 is 229 Å². The molecular formula is C38H62O29. The Morgan fingerprint density at radius 2 is 0.731 bits per heavy atom. The Labute approximate surface area is 379 Å². The molecule has 10 aliphatic rings. The van der Waals surface area contributed by atoms with Gasteiger partial charge in [0, 0.05) is 32.0 Å². The van der Waals surface area contributed by atoms with E-state index in [9.17, 15) is 97.0 Å². The van der Waals surface area contributed by atoms with Crippen LogP contribution in [0.3, 0.4) is 0 Å². The lowest BCUT2D eigenvalue weighted by Gasteiger charge is -2.46. The summed E-state index contributed by atoms with van der Waals surface area (Å²) in [6.07, 6.45) is -45.0. The first-order valence-electron chi connectivity index (χ1n) is 21.4. The maximum Gasteiger partial charge on any atom is 0.218 e. The predicted molar refractivity (Wildman–Crippen MR) is 206 cm³/mol. The van der Waals surface area contributed by atoms with Gasteiger partial charge >= 0.3 is 0 Å². The van der Waals surface area contributed by atoms with Gasteiger partial charge in [0.15, 0.2) is 48.2 Å². The molecule has 24 unspecified atom stereocenters. The second kappa shape index (κ2) is 23.3. The second-order valence-electron chi connectivity index (χ2n) is 16.8. The Morgan fingerprint density at radius 3 is 1.15 bits per heavy atom. The molecule has 19 N–H and O–H groups in total. The zero-order valence-corrected chi connectivity index (χ0v) is 35.4. The van der Waals surface area contributed by atoms with Crippen molar-refractivity contribution < 1.29 is 144 Å². The number of aliphatic hydroxyl groups excluding tert-OH is 19. The number of hydrogen-bond donors (Lipinski definition) is 19. The highest BCUT2D eigenvalue weighted by molar-refractivity contribution is 5.12.